The molecule has 0 spiro atoms. The van der Waals surface area contributed by atoms with Crippen molar-refractivity contribution in [1.82, 2.24) is 4.98 Å². The zero-order chi connectivity index (χ0) is 18.4. The SMILES string of the molecule is CCOc1ccc(NC(=O)c2ccc(Nc3ccccc3F)cn2)cc1. The van der Waals surface area contributed by atoms with Gasteiger partial charge in [0.05, 0.1) is 24.2 Å². The highest BCUT2D eigenvalue weighted by Crippen LogP contribution is 2.20. The van der Waals surface area contributed by atoms with Crippen LogP contribution in [0, 0.1) is 5.82 Å². The van der Waals surface area contributed by atoms with E-state index in [9.17, 15) is 9.18 Å². The first-order valence-corrected chi connectivity index (χ1v) is 8.17. The van der Waals surface area contributed by atoms with E-state index in [1.807, 2.05) is 6.92 Å². The lowest BCUT2D eigenvalue weighted by Crippen LogP contribution is -2.13. The third kappa shape index (κ3) is 4.36. The van der Waals surface area contributed by atoms with E-state index in [4.69, 9.17) is 4.74 Å². The number of ether oxygens (including phenoxy) is 1. The lowest BCUT2D eigenvalue weighted by atomic mass is 10.2. The molecule has 0 radical (unpaired) electrons. The number of para-hydroxylation sites is 1. The van der Waals surface area contributed by atoms with Crippen molar-refractivity contribution in [1.29, 1.82) is 0 Å². The number of anilines is 3. The van der Waals surface area contributed by atoms with Crippen molar-refractivity contribution in [3.63, 3.8) is 0 Å². The smallest absolute Gasteiger partial charge is 0.274 e. The average Bonchev–Trinajstić information content (AvgIpc) is 2.66. The van der Waals surface area contributed by atoms with Crippen molar-refractivity contribution in [3.05, 3.63) is 78.4 Å². The highest BCUT2D eigenvalue weighted by atomic mass is 19.1. The van der Waals surface area contributed by atoms with Gasteiger partial charge in [0, 0.05) is 5.69 Å². The number of benzene rings is 2. The van der Waals surface area contributed by atoms with E-state index in [0.29, 0.717) is 23.7 Å². The van der Waals surface area contributed by atoms with Gasteiger partial charge < -0.3 is 15.4 Å². The Hall–Kier alpha value is -3.41. The molecule has 1 aromatic heterocycles. The Kier molecular flexibility index (Phi) is 5.43. The Labute approximate surface area is 150 Å². The minimum atomic E-state index is -0.357. The average molecular weight is 351 g/mol. The monoisotopic (exact) mass is 351 g/mol. The van der Waals surface area contributed by atoms with E-state index < -0.39 is 0 Å². The topological polar surface area (TPSA) is 63.2 Å². The van der Waals surface area contributed by atoms with Crippen molar-refractivity contribution < 1.29 is 13.9 Å². The number of amides is 1. The molecule has 2 aromatic carbocycles. The molecule has 2 N–H and O–H groups in total. The fourth-order valence-corrected chi connectivity index (χ4v) is 2.32. The van der Waals surface area contributed by atoms with Gasteiger partial charge in [0.2, 0.25) is 0 Å². The van der Waals surface area contributed by atoms with Crippen molar-refractivity contribution in [2.24, 2.45) is 0 Å². The summed E-state index contributed by atoms with van der Waals surface area (Å²) in [4.78, 5) is 16.4. The number of nitrogens with zero attached hydrogens (tertiary/aromatic N) is 1. The Morgan fingerprint density at radius 3 is 2.42 bits per heavy atom. The Morgan fingerprint density at radius 2 is 1.77 bits per heavy atom. The van der Waals surface area contributed by atoms with Gasteiger partial charge in [-0.3, -0.25) is 4.79 Å². The van der Waals surface area contributed by atoms with Crippen molar-refractivity contribution in [3.8, 4) is 5.75 Å². The minimum Gasteiger partial charge on any atom is -0.494 e. The zero-order valence-electron chi connectivity index (χ0n) is 14.2. The molecule has 3 rings (SSSR count). The molecule has 5 nitrogen and oxygen atoms in total. The largest absolute Gasteiger partial charge is 0.494 e. The molecule has 1 amide bonds. The maximum absolute atomic E-state index is 13.6. The number of carbonyl (C=O) groups excluding carboxylic acids is 1. The number of carbonyl (C=O) groups is 1. The summed E-state index contributed by atoms with van der Waals surface area (Å²) in [7, 11) is 0. The van der Waals surface area contributed by atoms with Gasteiger partial charge in [0.15, 0.2) is 0 Å². The standard InChI is InChI=1S/C20H18FN3O2/c1-2-26-16-10-7-14(8-11-16)24-20(25)19-12-9-15(13-22-19)23-18-6-4-3-5-17(18)21/h3-13,23H,2H2,1H3,(H,24,25). The lowest BCUT2D eigenvalue weighted by Gasteiger charge is -2.09. The number of hydrogen-bond acceptors (Lipinski definition) is 4. The van der Waals surface area contributed by atoms with Crippen LogP contribution in [0.15, 0.2) is 66.9 Å². The summed E-state index contributed by atoms with van der Waals surface area (Å²) in [5, 5.41) is 5.69. The minimum absolute atomic E-state index is 0.262. The van der Waals surface area contributed by atoms with Crippen LogP contribution in [0.5, 0.6) is 5.75 Å². The molecule has 0 fully saturated rings. The predicted molar refractivity (Wildman–Crippen MR) is 99.5 cm³/mol. The molecule has 3 aromatic rings. The second kappa shape index (κ2) is 8.11. The van der Waals surface area contributed by atoms with Crippen molar-refractivity contribution in [2.75, 3.05) is 17.2 Å². The molecule has 0 atom stereocenters. The molecule has 26 heavy (non-hydrogen) atoms. The number of nitrogens with one attached hydrogen (secondary N) is 2. The van der Waals surface area contributed by atoms with E-state index in [0.717, 1.165) is 5.75 Å². The van der Waals surface area contributed by atoms with Gasteiger partial charge >= 0.3 is 0 Å². The number of pyridine rings is 1. The Morgan fingerprint density at radius 1 is 1.04 bits per heavy atom. The van der Waals surface area contributed by atoms with Gasteiger partial charge in [-0.2, -0.15) is 0 Å². The van der Waals surface area contributed by atoms with E-state index in [1.165, 1.54) is 12.3 Å². The molecule has 1 heterocycles. The highest BCUT2D eigenvalue weighted by Gasteiger charge is 2.08. The third-order valence-electron chi connectivity index (χ3n) is 3.57. The second-order valence-electron chi connectivity index (χ2n) is 5.45. The fourth-order valence-electron chi connectivity index (χ4n) is 2.32. The summed E-state index contributed by atoms with van der Waals surface area (Å²) < 4.78 is 19.0. The normalized spacial score (nSPS) is 10.2. The summed E-state index contributed by atoms with van der Waals surface area (Å²) in [5.41, 5.74) is 1.85. The van der Waals surface area contributed by atoms with E-state index in [1.54, 1.807) is 54.6 Å². The van der Waals surface area contributed by atoms with Crippen LogP contribution in [0.3, 0.4) is 0 Å². The molecule has 6 heteroatoms. The number of halogens is 1. The Balaban J connectivity index is 1.64. The maximum atomic E-state index is 13.6. The van der Waals surface area contributed by atoms with Crippen LogP contribution in [0.1, 0.15) is 17.4 Å². The Bertz CT molecular complexity index is 880. The van der Waals surface area contributed by atoms with Gasteiger partial charge in [0.1, 0.15) is 17.3 Å². The first-order valence-electron chi connectivity index (χ1n) is 8.17. The van der Waals surface area contributed by atoms with Crippen LogP contribution in [0.2, 0.25) is 0 Å². The fraction of sp³-hybridized carbons (Fsp3) is 0.100. The first-order chi connectivity index (χ1) is 12.7. The molecule has 0 saturated heterocycles. The van der Waals surface area contributed by atoms with E-state index in [-0.39, 0.29) is 17.4 Å². The van der Waals surface area contributed by atoms with Gasteiger partial charge in [0.25, 0.3) is 5.91 Å². The predicted octanol–water partition coefficient (Wildman–Crippen LogP) is 4.62. The molecular formula is C20H18FN3O2. The number of rotatable bonds is 6. The number of hydrogen-bond donors (Lipinski definition) is 2. The summed E-state index contributed by atoms with van der Waals surface area (Å²) in [5.74, 6) is 0.0589. The molecular weight excluding hydrogens is 333 g/mol. The van der Waals surface area contributed by atoms with Crippen LogP contribution in [-0.2, 0) is 0 Å². The summed E-state index contributed by atoms with van der Waals surface area (Å²) in [6.45, 7) is 2.49. The molecule has 0 aliphatic heterocycles. The van der Waals surface area contributed by atoms with E-state index in [2.05, 4.69) is 15.6 Å². The van der Waals surface area contributed by atoms with Gasteiger partial charge in [-0.1, -0.05) is 12.1 Å². The van der Waals surface area contributed by atoms with Crippen molar-refractivity contribution in [2.45, 2.75) is 6.92 Å². The van der Waals surface area contributed by atoms with Crippen LogP contribution < -0.4 is 15.4 Å². The molecule has 132 valence electrons. The van der Waals surface area contributed by atoms with Gasteiger partial charge in [-0.05, 0) is 55.5 Å². The summed E-state index contributed by atoms with van der Waals surface area (Å²) in [6, 6.07) is 16.7. The van der Waals surface area contributed by atoms with Crippen LogP contribution in [0.25, 0.3) is 0 Å². The lowest BCUT2D eigenvalue weighted by molar-refractivity contribution is 0.102. The third-order valence-corrected chi connectivity index (χ3v) is 3.57. The van der Waals surface area contributed by atoms with Crippen LogP contribution in [0.4, 0.5) is 21.5 Å². The van der Waals surface area contributed by atoms with Gasteiger partial charge in [-0.15, -0.1) is 0 Å². The van der Waals surface area contributed by atoms with E-state index >= 15 is 0 Å². The summed E-state index contributed by atoms with van der Waals surface area (Å²) >= 11 is 0. The molecule has 0 bridgehead atoms. The maximum Gasteiger partial charge on any atom is 0.274 e. The van der Waals surface area contributed by atoms with Crippen LogP contribution >= 0.6 is 0 Å². The second-order valence-corrected chi connectivity index (χ2v) is 5.45. The summed E-state index contributed by atoms with van der Waals surface area (Å²) in [6.07, 6.45) is 1.49. The van der Waals surface area contributed by atoms with Gasteiger partial charge in [-0.25, -0.2) is 9.37 Å². The van der Waals surface area contributed by atoms with Crippen LogP contribution in [-0.4, -0.2) is 17.5 Å². The molecule has 0 saturated carbocycles. The quantitative estimate of drug-likeness (QED) is 0.680. The van der Waals surface area contributed by atoms with Crippen molar-refractivity contribution >= 4 is 23.0 Å². The molecule has 0 unspecified atom stereocenters. The highest BCUT2D eigenvalue weighted by molar-refractivity contribution is 6.03. The first kappa shape index (κ1) is 17.4. The molecule has 0 aliphatic carbocycles. The molecule has 0 aliphatic rings. The number of aromatic nitrogens is 1. The zero-order valence-corrected chi connectivity index (χ0v) is 14.2.